The molecule has 0 radical (unpaired) electrons. The molecule has 3 rings (SSSR count). The number of sulfonamides is 1. The van der Waals surface area contributed by atoms with Gasteiger partial charge in [-0.05, 0) is 30.3 Å². The number of carbonyl (C=O) groups is 1. The number of nitrogens with one attached hydrogen (secondary N) is 1. The molecule has 0 spiro atoms. The van der Waals surface area contributed by atoms with E-state index >= 15 is 0 Å². The van der Waals surface area contributed by atoms with Crippen molar-refractivity contribution in [1.29, 1.82) is 0 Å². The van der Waals surface area contributed by atoms with E-state index < -0.39 is 27.4 Å². The van der Waals surface area contributed by atoms with Gasteiger partial charge >= 0.3 is 0 Å². The monoisotopic (exact) mass is 495 g/mol. The van der Waals surface area contributed by atoms with Gasteiger partial charge in [0.1, 0.15) is 6.54 Å². The van der Waals surface area contributed by atoms with Gasteiger partial charge in [0.15, 0.2) is 0 Å². The zero-order chi connectivity index (χ0) is 24.0. The molecular formula is C20H22ClN5O6S. The molecule has 1 heterocycles. The molecule has 0 aromatic heterocycles. The van der Waals surface area contributed by atoms with Crippen molar-refractivity contribution in [2.45, 2.75) is 0 Å². The van der Waals surface area contributed by atoms with Crippen molar-refractivity contribution >= 4 is 50.8 Å². The first-order chi connectivity index (χ1) is 15.6. The highest BCUT2D eigenvalue weighted by molar-refractivity contribution is 7.92. The standard InChI is InChI=1S/C20H22ClN5O6S/c1-33(30,31)25(17-4-2-16(21)3-5-17)14-20(27)23-22-13-15-12-18(26(28)29)6-7-19(15)24-8-10-32-11-9-24/h2-7,12-13H,8-11,14H2,1H3,(H,23,27)/b22-13-. The van der Waals surface area contributed by atoms with Crippen LogP contribution in [0, 0.1) is 10.1 Å². The Balaban J connectivity index is 1.76. The maximum atomic E-state index is 12.4. The number of carbonyl (C=O) groups excluding carboxylic acids is 1. The number of morpholine rings is 1. The molecule has 13 heteroatoms. The number of rotatable bonds is 8. The van der Waals surface area contributed by atoms with Gasteiger partial charge in [-0.15, -0.1) is 0 Å². The molecule has 1 amide bonds. The molecule has 1 aliphatic heterocycles. The zero-order valence-corrected chi connectivity index (χ0v) is 19.3. The normalized spacial score (nSPS) is 14.3. The minimum atomic E-state index is -3.76. The molecule has 0 saturated carbocycles. The van der Waals surface area contributed by atoms with E-state index in [2.05, 4.69) is 10.5 Å². The van der Waals surface area contributed by atoms with Crippen LogP contribution in [0.5, 0.6) is 0 Å². The maximum Gasteiger partial charge on any atom is 0.270 e. The van der Waals surface area contributed by atoms with Gasteiger partial charge in [0.25, 0.3) is 11.6 Å². The van der Waals surface area contributed by atoms with Crippen molar-refractivity contribution in [3.63, 3.8) is 0 Å². The fourth-order valence-corrected chi connectivity index (χ4v) is 4.18. The number of hydrazone groups is 1. The summed E-state index contributed by atoms with van der Waals surface area (Å²) < 4.78 is 30.6. The number of halogens is 1. The third kappa shape index (κ3) is 6.63. The molecule has 0 bridgehead atoms. The predicted octanol–water partition coefficient (Wildman–Crippen LogP) is 2.00. The summed E-state index contributed by atoms with van der Waals surface area (Å²) in [6, 6.07) is 10.4. The number of ether oxygens (including phenoxy) is 1. The van der Waals surface area contributed by atoms with Crippen molar-refractivity contribution in [1.82, 2.24) is 5.43 Å². The lowest BCUT2D eigenvalue weighted by atomic mass is 10.1. The third-order valence-corrected chi connectivity index (χ3v) is 6.16. The summed E-state index contributed by atoms with van der Waals surface area (Å²) in [5.41, 5.74) is 3.58. The maximum absolute atomic E-state index is 12.4. The van der Waals surface area contributed by atoms with Gasteiger partial charge in [0.2, 0.25) is 10.0 Å². The largest absolute Gasteiger partial charge is 0.378 e. The van der Waals surface area contributed by atoms with Crippen LogP contribution < -0.4 is 14.6 Å². The van der Waals surface area contributed by atoms with E-state index in [0.717, 1.165) is 10.6 Å². The van der Waals surface area contributed by atoms with Crippen LogP contribution in [0.4, 0.5) is 17.1 Å². The minimum absolute atomic E-state index is 0.120. The van der Waals surface area contributed by atoms with Crippen molar-refractivity contribution in [2.75, 3.05) is 48.3 Å². The lowest BCUT2D eigenvalue weighted by Crippen LogP contribution is -2.39. The molecule has 11 nitrogen and oxygen atoms in total. The average Bonchev–Trinajstić information content (AvgIpc) is 2.78. The number of nitrogens with zero attached hydrogens (tertiary/aromatic N) is 4. The predicted molar refractivity (Wildman–Crippen MR) is 126 cm³/mol. The number of amides is 1. The van der Waals surface area contributed by atoms with E-state index in [1.54, 1.807) is 6.07 Å². The molecule has 1 fully saturated rings. The first-order valence-corrected chi connectivity index (χ1v) is 12.0. The molecular weight excluding hydrogens is 474 g/mol. The fourth-order valence-electron chi connectivity index (χ4n) is 3.20. The Morgan fingerprint density at radius 3 is 2.55 bits per heavy atom. The summed E-state index contributed by atoms with van der Waals surface area (Å²) in [6.07, 6.45) is 2.28. The summed E-state index contributed by atoms with van der Waals surface area (Å²) in [6.45, 7) is 1.75. The summed E-state index contributed by atoms with van der Waals surface area (Å²) in [5.74, 6) is -0.690. The first kappa shape index (κ1) is 24.4. The molecule has 0 aliphatic carbocycles. The average molecular weight is 496 g/mol. The summed E-state index contributed by atoms with van der Waals surface area (Å²) in [5, 5.41) is 15.5. The van der Waals surface area contributed by atoms with Crippen molar-refractivity contribution in [2.24, 2.45) is 5.10 Å². The Kier molecular flexibility index (Phi) is 7.84. The molecule has 1 N–H and O–H groups in total. The molecule has 2 aromatic carbocycles. The van der Waals surface area contributed by atoms with Gasteiger partial charge in [-0.1, -0.05) is 11.6 Å². The van der Waals surface area contributed by atoms with Crippen LogP contribution in [-0.2, 0) is 19.6 Å². The van der Waals surface area contributed by atoms with Gasteiger partial charge < -0.3 is 9.64 Å². The van der Waals surface area contributed by atoms with Crippen molar-refractivity contribution < 1.29 is 22.9 Å². The number of anilines is 2. The van der Waals surface area contributed by atoms with Gasteiger partial charge in [-0.25, -0.2) is 13.8 Å². The van der Waals surface area contributed by atoms with Crippen LogP contribution >= 0.6 is 11.6 Å². The van der Waals surface area contributed by atoms with Gasteiger partial charge in [0, 0.05) is 41.5 Å². The number of nitro benzene ring substituents is 1. The van der Waals surface area contributed by atoms with E-state index in [-0.39, 0.29) is 11.4 Å². The van der Waals surface area contributed by atoms with Gasteiger partial charge in [-0.3, -0.25) is 19.2 Å². The Hall–Kier alpha value is -3.22. The number of non-ortho nitro benzene ring substituents is 1. The van der Waals surface area contributed by atoms with E-state index in [9.17, 15) is 23.3 Å². The van der Waals surface area contributed by atoms with Crippen LogP contribution in [0.15, 0.2) is 47.6 Å². The minimum Gasteiger partial charge on any atom is -0.378 e. The second-order valence-electron chi connectivity index (χ2n) is 7.14. The molecule has 1 saturated heterocycles. The Bertz CT molecular complexity index is 1150. The highest BCUT2D eigenvalue weighted by Crippen LogP contribution is 2.25. The molecule has 0 unspecified atom stereocenters. The number of hydrogen-bond acceptors (Lipinski definition) is 8. The lowest BCUT2D eigenvalue weighted by Gasteiger charge is -2.29. The summed E-state index contributed by atoms with van der Waals surface area (Å²) in [7, 11) is -3.76. The second kappa shape index (κ2) is 10.6. The molecule has 2 aromatic rings. The SMILES string of the molecule is CS(=O)(=O)N(CC(=O)N/N=C\c1cc([N+](=O)[O-])ccc1N1CCOCC1)c1ccc(Cl)cc1. The van der Waals surface area contributed by atoms with Crippen LogP contribution in [0.1, 0.15) is 5.56 Å². The zero-order valence-electron chi connectivity index (χ0n) is 17.7. The van der Waals surface area contributed by atoms with Crippen LogP contribution in [0.25, 0.3) is 0 Å². The highest BCUT2D eigenvalue weighted by Gasteiger charge is 2.21. The summed E-state index contributed by atoms with van der Waals surface area (Å²) >= 11 is 5.84. The molecule has 1 aliphatic rings. The van der Waals surface area contributed by atoms with E-state index in [1.165, 1.54) is 42.6 Å². The van der Waals surface area contributed by atoms with Crippen molar-refractivity contribution in [3.05, 3.63) is 63.2 Å². The summed E-state index contributed by atoms with van der Waals surface area (Å²) in [4.78, 5) is 25.1. The number of benzene rings is 2. The first-order valence-electron chi connectivity index (χ1n) is 9.81. The quantitative estimate of drug-likeness (QED) is 0.336. The molecule has 0 atom stereocenters. The lowest BCUT2D eigenvalue weighted by molar-refractivity contribution is -0.384. The number of nitro groups is 1. The fraction of sp³-hybridized carbons (Fsp3) is 0.300. The molecule has 33 heavy (non-hydrogen) atoms. The smallest absolute Gasteiger partial charge is 0.270 e. The van der Waals surface area contributed by atoms with Crippen LogP contribution in [0.2, 0.25) is 5.02 Å². The highest BCUT2D eigenvalue weighted by atomic mass is 35.5. The Labute approximate surface area is 195 Å². The van der Waals surface area contributed by atoms with Crippen LogP contribution in [0.3, 0.4) is 0 Å². The number of hydrogen-bond donors (Lipinski definition) is 1. The van der Waals surface area contributed by atoms with E-state index in [0.29, 0.717) is 42.6 Å². The molecule has 176 valence electrons. The van der Waals surface area contributed by atoms with E-state index in [4.69, 9.17) is 16.3 Å². The Morgan fingerprint density at radius 1 is 1.27 bits per heavy atom. The van der Waals surface area contributed by atoms with Gasteiger partial charge in [-0.2, -0.15) is 5.10 Å². The van der Waals surface area contributed by atoms with Gasteiger partial charge in [0.05, 0.1) is 36.3 Å². The second-order valence-corrected chi connectivity index (χ2v) is 9.48. The van der Waals surface area contributed by atoms with Crippen molar-refractivity contribution in [3.8, 4) is 0 Å². The Morgan fingerprint density at radius 2 is 1.94 bits per heavy atom. The third-order valence-electron chi connectivity index (χ3n) is 4.77. The van der Waals surface area contributed by atoms with Crippen LogP contribution in [-0.4, -0.2) is 64.6 Å². The van der Waals surface area contributed by atoms with E-state index in [1.807, 2.05) is 4.90 Å². The topological polar surface area (TPSA) is 134 Å².